The molecule has 54 valence electrons. The quantitative estimate of drug-likeness (QED) is 0.405. The lowest BCUT2D eigenvalue weighted by molar-refractivity contribution is -1.02. The molecular formula is C5H11ClN2O. The fourth-order valence-electron chi connectivity index (χ4n) is 0.738. The van der Waals surface area contributed by atoms with Crippen LogP contribution in [0.4, 0.5) is 0 Å². The molecular weight excluding hydrogens is 140 g/mol. The summed E-state index contributed by atoms with van der Waals surface area (Å²) in [4.78, 5) is 3.90. The molecule has 0 spiro atoms. The number of halogens is 1. The molecule has 0 aromatic carbocycles. The van der Waals surface area contributed by atoms with Crippen LogP contribution in [-0.4, -0.2) is 35.8 Å². The predicted molar refractivity (Wildman–Crippen MR) is 30.8 cm³/mol. The maximum atomic E-state index is 9.29. The van der Waals surface area contributed by atoms with Crippen LogP contribution in [0.15, 0.2) is 4.99 Å². The first-order chi connectivity index (χ1) is 3.77. The van der Waals surface area contributed by atoms with Crippen molar-refractivity contribution in [3.8, 4) is 0 Å². The minimum absolute atomic E-state index is 0. The van der Waals surface area contributed by atoms with Crippen LogP contribution in [0.25, 0.3) is 0 Å². The molecule has 0 aromatic heterocycles. The number of hydroxylamine groups is 3. The van der Waals surface area contributed by atoms with Crippen LogP contribution >= 0.6 is 0 Å². The van der Waals surface area contributed by atoms with Gasteiger partial charge in [-0.15, -0.1) is 4.65 Å². The molecule has 0 saturated carbocycles. The standard InChI is InChI=1S/C5H11N2O.ClH/c1-2-7(8)4-3-6-5-7;/h5,8H,2-4H2,1H3;1H/q+1;/p-1. The van der Waals surface area contributed by atoms with Gasteiger partial charge in [0.15, 0.2) is 0 Å². The van der Waals surface area contributed by atoms with Gasteiger partial charge in [-0.3, -0.25) is 0 Å². The zero-order valence-electron chi connectivity index (χ0n) is 5.42. The second kappa shape index (κ2) is 3.15. The van der Waals surface area contributed by atoms with Crippen LogP contribution in [0.1, 0.15) is 6.92 Å². The lowest BCUT2D eigenvalue weighted by atomic mass is 10.5. The molecule has 4 heteroatoms. The third kappa shape index (κ3) is 1.93. The molecule has 0 fully saturated rings. The molecule has 1 aliphatic rings. The van der Waals surface area contributed by atoms with E-state index in [1.807, 2.05) is 6.92 Å². The van der Waals surface area contributed by atoms with Gasteiger partial charge in [0, 0.05) is 0 Å². The predicted octanol–water partition coefficient (Wildman–Crippen LogP) is -2.74. The minimum Gasteiger partial charge on any atom is -1.00 e. The number of nitrogens with zero attached hydrogens (tertiary/aromatic N) is 2. The number of hydrogen-bond donors (Lipinski definition) is 1. The Hall–Kier alpha value is -0.120. The van der Waals surface area contributed by atoms with Gasteiger partial charge in [-0.1, -0.05) is 0 Å². The zero-order valence-corrected chi connectivity index (χ0v) is 6.17. The van der Waals surface area contributed by atoms with Gasteiger partial charge in [-0.25, -0.2) is 10.2 Å². The number of rotatable bonds is 1. The lowest BCUT2D eigenvalue weighted by Gasteiger charge is -2.16. The molecule has 1 N–H and O–H groups in total. The Bertz CT molecular complexity index is 118. The number of quaternary nitrogens is 1. The molecule has 3 nitrogen and oxygen atoms in total. The van der Waals surface area contributed by atoms with Gasteiger partial charge >= 0.3 is 0 Å². The van der Waals surface area contributed by atoms with Gasteiger partial charge in [-0.05, 0) is 6.92 Å². The van der Waals surface area contributed by atoms with E-state index in [-0.39, 0.29) is 17.1 Å². The van der Waals surface area contributed by atoms with Gasteiger partial charge in [0.05, 0.1) is 6.54 Å². The fourth-order valence-corrected chi connectivity index (χ4v) is 0.738. The summed E-state index contributed by atoms with van der Waals surface area (Å²) in [5.41, 5.74) is 0. The molecule has 0 saturated heterocycles. The number of likely N-dealkylation sites (N-methyl/N-ethyl adjacent to an activating group) is 1. The highest BCUT2D eigenvalue weighted by molar-refractivity contribution is 5.46. The van der Waals surface area contributed by atoms with Crippen molar-refractivity contribution in [1.29, 1.82) is 0 Å². The molecule has 0 radical (unpaired) electrons. The highest BCUT2D eigenvalue weighted by Gasteiger charge is 2.24. The molecule has 1 rings (SSSR count). The van der Waals surface area contributed by atoms with E-state index in [2.05, 4.69) is 4.99 Å². The van der Waals surface area contributed by atoms with Crippen molar-refractivity contribution in [3.05, 3.63) is 0 Å². The summed E-state index contributed by atoms with van der Waals surface area (Å²) >= 11 is 0. The van der Waals surface area contributed by atoms with Gasteiger partial charge in [0.2, 0.25) is 6.34 Å². The van der Waals surface area contributed by atoms with Gasteiger partial charge in [0.25, 0.3) is 0 Å². The summed E-state index contributed by atoms with van der Waals surface area (Å²) in [6, 6.07) is 0. The highest BCUT2D eigenvalue weighted by atomic mass is 35.5. The van der Waals surface area contributed by atoms with Crippen LogP contribution in [-0.2, 0) is 0 Å². The Morgan fingerprint density at radius 1 is 1.78 bits per heavy atom. The Kier molecular flexibility index (Phi) is 3.11. The Morgan fingerprint density at radius 2 is 2.44 bits per heavy atom. The van der Waals surface area contributed by atoms with Crippen LogP contribution < -0.4 is 12.4 Å². The first-order valence-electron chi connectivity index (χ1n) is 2.87. The summed E-state index contributed by atoms with van der Waals surface area (Å²) in [5.74, 6) is 0. The molecule has 0 bridgehead atoms. The van der Waals surface area contributed by atoms with E-state index in [9.17, 15) is 5.21 Å². The molecule has 1 atom stereocenters. The van der Waals surface area contributed by atoms with E-state index >= 15 is 0 Å². The van der Waals surface area contributed by atoms with E-state index in [1.165, 1.54) is 0 Å². The number of aliphatic imine (C=N–C) groups is 1. The average molecular weight is 151 g/mol. The maximum Gasteiger partial charge on any atom is 0.218 e. The van der Waals surface area contributed by atoms with Crippen molar-refractivity contribution in [2.24, 2.45) is 4.99 Å². The fraction of sp³-hybridized carbons (Fsp3) is 0.800. The molecule has 0 aliphatic carbocycles. The molecule has 1 unspecified atom stereocenters. The van der Waals surface area contributed by atoms with E-state index in [4.69, 9.17) is 0 Å². The van der Waals surface area contributed by atoms with E-state index in [0.717, 1.165) is 19.6 Å². The minimum atomic E-state index is 0. The SMILES string of the molecule is CC[N+]1(O)C=NCC1.[Cl-]. The van der Waals surface area contributed by atoms with Crippen molar-refractivity contribution >= 4 is 6.34 Å². The van der Waals surface area contributed by atoms with Crippen LogP contribution in [0.3, 0.4) is 0 Å². The van der Waals surface area contributed by atoms with E-state index < -0.39 is 0 Å². The van der Waals surface area contributed by atoms with Gasteiger partial charge in [0.1, 0.15) is 13.1 Å². The second-order valence-electron chi connectivity index (χ2n) is 2.05. The number of hydrogen-bond acceptors (Lipinski definition) is 2. The topological polar surface area (TPSA) is 32.6 Å². The molecule has 0 amide bonds. The van der Waals surface area contributed by atoms with Crippen LogP contribution in [0.2, 0.25) is 0 Å². The highest BCUT2D eigenvalue weighted by Crippen LogP contribution is 2.01. The Balaban J connectivity index is 0.000000640. The van der Waals surface area contributed by atoms with Crippen LogP contribution in [0.5, 0.6) is 0 Å². The monoisotopic (exact) mass is 150 g/mol. The first-order valence-corrected chi connectivity index (χ1v) is 2.87. The summed E-state index contributed by atoms with van der Waals surface area (Å²) in [5, 5.41) is 9.29. The first kappa shape index (κ1) is 8.88. The molecule has 9 heavy (non-hydrogen) atoms. The van der Waals surface area contributed by atoms with Gasteiger partial charge < -0.3 is 12.4 Å². The smallest absolute Gasteiger partial charge is 0.218 e. The molecule has 1 heterocycles. The largest absolute Gasteiger partial charge is 1.00 e. The Morgan fingerprint density at radius 3 is 2.67 bits per heavy atom. The van der Waals surface area contributed by atoms with Crippen LogP contribution in [0, 0.1) is 0 Å². The second-order valence-corrected chi connectivity index (χ2v) is 2.05. The normalized spacial score (nSPS) is 32.2. The van der Waals surface area contributed by atoms with E-state index in [0.29, 0.717) is 0 Å². The summed E-state index contributed by atoms with van der Waals surface area (Å²) < 4.78 is 0.0278. The Labute approximate surface area is 61.0 Å². The summed E-state index contributed by atoms with van der Waals surface area (Å²) in [6.07, 6.45) is 1.60. The average Bonchev–Trinajstić information content (AvgIpc) is 2.17. The summed E-state index contributed by atoms with van der Waals surface area (Å²) in [6.45, 7) is 4.18. The lowest BCUT2D eigenvalue weighted by Crippen LogP contribution is -3.00. The summed E-state index contributed by atoms with van der Waals surface area (Å²) in [7, 11) is 0. The zero-order chi connectivity index (χ0) is 6.04. The molecule has 1 aliphatic heterocycles. The maximum absolute atomic E-state index is 9.29. The molecule has 0 aromatic rings. The van der Waals surface area contributed by atoms with E-state index in [1.54, 1.807) is 6.34 Å². The van der Waals surface area contributed by atoms with Crippen molar-refractivity contribution < 1.29 is 22.3 Å². The van der Waals surface area contributed by atoms with Crippen molar-refractivity contribution in [2.45, 2.75) is 6.92 Å². The van der Waals surface area contributed by atoms with Crippen molar-refractivity contribution in [1.82, 2.24) is 0 Å². The third-order valence-electron chi connectivity index (χ3n) is 1.46. The van der Waals surface area contributed by atoms with Crippen molar-refractivity contribution in [2.75, 3.05) is 19.6 Å². The third-order valence-corrected chi connectivity index (χ3v) is 1.46. The van der Waals surface area contributed by atoms with Gasteiger partial charge in [-0.2, -0.15) is 0 Å². The van der Waals surface area contributed by atoms with Crippen molar-refractivity contribution in [3.63, 3.8) is 0 Å².